The zero-order chi connectivity index (χ0) is 8.81. The van der Waals surface area contributed by atoms with Crippen LogP contribution in [0.1, 0.15) is 38.5 Å². The summed E-state index contributed by atoms with van der Waals surface area (Å²) in [6, 6.07) is 2.16. The first-order valence-corrected chi connectivity index (χ1v) is 4.69. The van der Waals surface area contributed by atoms with E-state index in [1.165, 1.54) is 12.8 Å². The van der Waals surface area contributed by atoms with E-state index in [0.29, 0.717) is 12.3 Å². The number of aldehydes is 1. The van der Waals surface area contributed by atoms with Crippen molar-refractivity contribution in [3.63, 3.8) is 0 Å². The third-order valence-electron chi connectivity index (χ3n) is 2.68. The number of nitrogens with zero attached hydrogens (tertiary/aromatic N) is 1. The van der Waals surface area contributed by atoms with Crippen LogP contribution in [0.15, 0.2) is 0 Å². The van der Waals surface area contributed by atoms with E-state index in [2.05, 4.69) is 6.07 Å². The SMILES string of the molecule is N#CCCC1CCCC(C=O)C1. The van der Waals surface area contributed by atoms with Gasteiger partial charge in [0.15, 0.2) is 0 Å². The van der Waals surface area contributed by atoms with E-state index in [0.717, 1.165) is 25.5 Å². The molecule has 0 N–H and O–H groups in total. The Hall–Kier alpha value is -0.840. The number of nitriles is 1. The van der Waals surface area contributed by atoms with Crippen LogP contribution < -0.4 is 0 Å². The number of hydrogen-bond acceptors (Lipinski definition) is 2. The van der Waals surface area contributed by atoms with Crippen molar-refractivity contribution >= 4 is 6.29 Å². The molecule has 1 fully saturated rings. The average Bonchev–Trinajstić information content (AvgIpc) is 2.15. The fraction of sp³-hybridized carbons (Fsp3) is 0.800. The van der Waals surface area contributed by atoms with Crippen LogP contribution in [-0.2, 0) is 4.79 Å². The minimum atomic E-state index is 0.280. The minimum absolute atomic E-state index is 0.280. The van der Waals surface area contributed by atoms with Gasteiger partial charge in [0.2, 0.25) is 0 Å². The van der Waals surface area contributed by atoms with Crippen molar-refractivity contribution in [1.29, 1.82) is 5.26 Å². The van der Waals surface area contributed by atoms with Gasteiger partial charge in [-0.25, -0.2) is 0 Å². The quantitative estimate of drug-likeness (QED) is 0.602. The molecule has 2 unspecified atom stereocenters. The molecule has 0 bridgehead atoms. The van der Waals surface area contributed by atoms with E-state index >= 15 is 0 Å². The molecule has 0 aromatic carbocycles. The summed E-state index contributed by atoms with van der Waals surface area (Å²) < 4.78 is 0. The van der Waals surface area contributed by atoms with Gasteiger partial charge in [0.05, 0.1) is 6.07 Å². The molecule has 0 spiro atoms. The smallest absolute Gasteiger partial charge is 0.123 e. The van der Waals surface area contributed by atoms with Gasteiger partial charge in [0, 0.05) is 12.3 Å². The molecule has 0 aliphatic heterocycles. The number of rotatable bonds is 3. The average molecular weight is 165 g/mol. The largest absolute Gasteiger partial charge is 0.303 e. The molecule has 66 valence electrons. The van der Waals surface area contributed by atoms with Gasteiger partial charge in [-0.1, -0.05) is 12.8 Å². The van der Waals surface area contributed by atoms with Gasteiger partial charge in [0.1, 0.15) is 6.29 Å². The van der Waals surface area contributed by atoms with Crippen LogP contribution in [0.2, 0.25) is 0 Å². The summed E-state index contributed by atoms with van der Waals surface area (Å²) >= 11 is 0. The maximum absolute atomic E-state index is 10.5. The van der Waals surface area contributed by atoms with Gasteiger partial charge < -0.3 is 4.79 Å². The summed E-state index contributed by atoms with van der Waals surface area (Å²) in [4.78, 5) is 10.5. The van der Waals surface area contributed by atoms with E-state index in [1.54, 1.807) is 0 Å². The maximum Gasteiger partial charge on any atom is 0.123 e. The van der Waals surface area contributed by atoms with E-state index in [1.807, 2.05) is 0 Å². The van der Waals surface area contributed by atoms with Gasteiger partial charge in [0.25, 0.3) is 0 Å². The molecular formula is C10H15NO. The van der Waals surface area contributed by atoms with Crippen molar-refractivity contribution in [1.82, 2.24) is 0 Å². The molecule has 0 aromatic rings. The molecule has 0 aromatic heterocycles. The van der Waals surface area contributed by atoms with Crippen LogP contribution in [0.25, 0.3) is 0 Å². The van der Waals surface area contributed by atoms with Crippen molar-refractivity contribution in [2.24, 2.45) is 11.8 Å². The third kappa shape index (κ3) is 2.65. The molecule has 1 aliphatic rings. The molecule has 1 rings (SSSR count). The molecule has 2 heteroatoms. The van der Waals surface area contributed by atoms with Crippen molar-refractivity contribution in [3.05, 3.63) is 0 Å². The standard InChI is InChI=1S/C10H15NO/c11-6-2-5-9-3-1-4-10(7-9)8-12/h8-10H,1-5,7H2. The predicted octanol–water partition coefficient (Wildman–Crippen LogP) is 2.30. The number of hydrogen-bond donors (Lipinski definition) is 0. The van der Waals surface area contributed by atoms with Crippen LogP contribution in [0.3, 0.4) is 0 Å². The molecule has 12 heavy (non-hydrogen) atoms. The second kappa shape index (κ2) is 4.92. The highest BCUT2D eigenvalue weighted by atomic mass is 16.1. The Morgan fingerprint density at radius 1 is 1.50 bits per heavy atom. The van der Waals surface area contributed by atoms with Gasteiger partial charge >= 0.3 is 0 Å². The fourth-order valence-electron chi connectivity index (χ4n) is 1.99. The second-order valence-electron chi connectivity index (χ2n) is 3.63. The summed E-state index contributed by atoms with van der Waals surface area (Å²) in [6.45, 7) is 0. The Labute approximate surface area is 73.6 Å². The van der Waals surface area contributed by atoms with Crippen LogP contribution in [0.4, 0.5) is 0 Å². The maximum atomic E-state index is 10.5. The highest BCUT2D eigenvalue weighted by Crippen LogP contribution is 2.30. The summed E-state index contributed by atoms with van der Waals surface area (Å²) in [5.41, 5.74) is 0. The van der Waals surface area contributed by atoms with E-state index in [9.17, 15) is 4.79 Å². The lowest BCUT2D eigenvalue weighted by molar-refractivity contribution is -0.112. The molecule has 1 saturated carbocycles. The first-order valence-electron chi connectivity index (χ1n) is 4.69. The molecule has 2 nitrogen and oxygen atoms in total. The molecule has 0 amide bonds. The molecule has 1 aliphatic carbocycles. The topological polar surface area (TPSA) is 40.9 Å². The van der Waals surface area contributed by atoms with E-state index < -0.39 is 0 Å². The Morgan fingerprint density at radius 2 is 2.33 bits per heavy atom. The number of carbonyl (C=O) groups is 1. The van der Waals surface area contributed by atoms with Crippen molar-refractivity contribution in [2.45, 2.75) is 38.5 Å². The molecule has 0 heterocycles. The minimum Gasteiger partial charge on any atom is -0.303 e. The molecule has 0 saturated heterocycles. The first-order chi connectivity index (χ1) is 5.86. The highest BCUT2D eigenvalue weighted by molar-refractivity contribution is 5.53. The number of carbonyl (C=O) groups excluding carboxylic acids is 1. The van der Waals surface area contributed by atoms with Crippen molar-refractivity contribution in [2.75, 3.05) is 0 Å². The lowest BCUT2D eigenvalue weighted by Crippen LogP contribution is -2.16. The van der Waals surface area contributed by atoms with Gasteiger partial charge in [-0.2, -0.15) is 5.26 Å². The van der Waals surface area contributed by atoms with Crippen LogP contribution >= 0.6 is 0 Å². The Kier molecular flexibility index (Phi) is 3.79. The Bertz CT molecular complexity index is 183. The van der Waals surface area contributed by atoms with Gasteiger partial charge in [-0.3, -0.25) is 0 Å². The first kappa shape index (κ1) is 9.25. The second-order valence-corrected chi connectivity index (χ2v) is 3.63. The predicted molar refractivity (Wildman–Crippen MR) is 46.4 cm³/mol. The Morgan fingerprint density at radius 3 is 3.00 bits per heavy atom. The molecule has 2 atom stereocenters. The summed E-state index contributed by atoms with van der Waals surface area (Å²) in [5, 5.41) is 8.40. The summed E-state index contributed by atoms with van der Waals surface area (Å²) in [7, 11) is 0. The lowest BCUT2D eigenvalue weighted by Gasteiger charge is -2.24. The lowest BCUT2D eigenvalue weighted by atomic mass is 9.80. The zero-order valence-corrected chi connectivity index (χ0v) is 7.33. The van der Waals surface area contributed by atoms with E-state index in [-0.39, 0.29) is 5.92 Å². The summed E-state index contributed by atoms with van der Waals surface area (Å²) in [6.07, 6.45) is 7.18. The van der Waals surface area contributed by atoms with Gasteiger partial charge in [-0.15, -0.1) is 0 Å². The van der Waals surface area contributed by atoms with Crippen LogP contribution in [0.5, 0.6) is 0 Å². The van der Waals surface area contributed by atoms with Crippen LogP contribution in [0, 0.1) is 23.2 Å². The Balaban J connectivity index is 2.26. The zero-order valence-electron chi connectivity index (χ0n) is 7.33. The van der Waals surface area contributed by atoms with Crippen LogP contribution in [-0.4, -0.2) is 6.29 Å². The highest BCUT2D eigenvalue weighted by Gasteiger charge is 2.20. The third-order valence-corrected chi connectivity index (χ3v) is 2.68. The van der Waals surface area contributed by atoms with E-state index in [4.69, 9.17) is 5.26 Å². The monoisotopic (exact) mass is 165 g/mol. The normalized spacial score (nSPS) is 29.2. The molecular weight excluding hydrogens is 150 g/mol. The van der Waals surface area contributed by atoms with Crippen molar-refractivity contribution in [3.8, 4) is 6.07 Å². The summed E-state index contributed by atoms with van der Waals surface area (Å²) in [5.74, 6) is 0.913. The van der Waals surface area contributed by atoms with Crippen molar-refractivity contribution < 1.29 is 4.79 Å². The molecule has 0 radical (unpaired) electrons. The fourth-order valence-corrected chi connectivity index (χ4v) is 1.99. The van der Waals surface area contributed by atoms with Gasteiger partial charge in [-0.05, 0) is 25.2 Å².